The van der Waals surface area contributed by atoms with Crippen molar-refractivity contribution in [2.45, 2.75) is 71.5 Å². The molecule has 33 heavy (non-hydrogen) atoms. The summed E-state index contributed by atoms with van der Waals surface area (Å²) in [7, 11) is 0. The number of hydrogen-bond donors (Lipinski definition) is 1. The van der Waals surface area contributed by atoms with Gasteiger partial charge in [0.15, 0.2) is 6.61 Å². The molecule has 0 aromatic heterocycles. The van der Waals surface area contributed by atoms with Gasteiger partial charge in [-0.15, -0.1) is 0 Å². The topological polar surface area (TPSA) is 58.6 Å². The van der Waals surface area contributed by atoms with Crippen LogP contribution < -0.4 is 10.1 Å². The number of carbonyl (C=O) groups is 2. The van der Waals surface area contributed by atoms with E-state index in [0.717, 1.165) is 46.8 Å². The number of carbonyl (C=O) groups excluding carboxylic acids is 2. The maximum Gasteiger partial charge on any atom is 0.261 e. The lowest BCUT2D eigenvalue weighted by Gasteiger charge is -2.31. The highest BCUT2D eigenvalue weighted by atomic mass is 79.9. The van der Waals surface area contributed by atoms with E-state index in [1.54, 1.807) is 17.9 Å². The van der Waals surface area contributed by atoms with E-state index in [4.69, 9.17) is 16.3 Å². The number of benzene rings is 2. The Kier molecular flexibility index (Phi) is 9.21. The Labute approximate surface area is 210 Å². The summed E-state index contributed by atoms with van der Waals surface area (Å²) in [4.78, 5) is 27.9. The van der Waals surface area contributed by atoms with Gasteiger partial charge in [0.05, 0.1) is 0 Å². The van der Waals surface area contributed by atoms with Gasteiger partial charge >= 0.3 is 0 Å². The molecule has 3 rings (SSSR count). The molecule has 1 fully saturated rings. The predicted octanol–water partition coefficient (Wildman–Crippen LogP) is 5.96. The Morgan fingerprint density at radius 1 is 1.15 bits per heavy atom. The van der Waals surface area contributed by atoms with Gasteiger partial charge in [-0.2, -0.15) is 0 Å². The molecule has 0 radical (unpaired) electrons. The first-order chi connectivity index (χ1) is 15.7. The Hall–Kier alpha value is -2.05. The number of ether oxygens (including phenoxy) is 1. The van der Waals surface area contributed by atoms with Crippen LogP contribution in [0.1, 0.15) is 55.7 Å². The van der Waals surface area contributed by atoms with E-state index in [0.29, 0.717) is 10.8 Å². The fourth-order valence-electron chi connectivity index (χ4n) is 4.20. The average molecular weight is 536 g/mol. The Balaban J connectivity index is 1.73. The Bertz CT molecular complexity index is 968. The standard InChI is InChI=1S/C26H32BrClN2O3/c1-17-12-23(13-18(2)25(17)27)33-16-24(31)30(15-20-8-7-9-21(28)14-20)19(3)26(32)29-22-10-5-4-6-11-22/h7-9,12-14,19,22H,4-6,10-11,15-16H2,1-3H3,(H,29,32)/t19-/m0/s1. The number of nitrogens with one attached hydrogen (secondary N) is 1. The van der Waals surface area contributed by atoms with Gasteiger partial charge in [-0.25, -0.2) is 0 Å². The van der Waals surface area contributed by atoms with Gasteiger partial charge in [0.25, 0.3) is 5.91 Å². The molecule has 2 amide bonds. The Morgan fingerprint density at radius 2 is 1.82 bits per heavy atom. The minimum Gasteiger partial charge on any atom is -0.484 e. The second-order valence-corrected chi connectivity index (χ2v) is 10.1. The molecule has 0 bridgehead atoms. The van der Waals surface area contributed by atoms with Crippen molar-refractivity contribution in [3.8, 4) is 5.75 Å². The van der Waals surface area contributed by atoms with E-state index in [2.05, 4.69) is 21.2 Å². The first-order valence-electron chi connectivity index (χ1n) is 11.5. The van der Waals surface area contributed by atoms with Crippen LogP contribution in [0.15, 0.2) is 40.9 Å². The zero-order valence-electron chi connectivity index (χ0n) is 19.5. The van der Waals surface area contributed by atoms with Gasteiger partial charge in [-0.05, 0) is 74.6 Å². The van der Waals surface area contributed by atoms with Crippen LogP contribution in [0.4, 0.5) is 0 Å². The van der Waals surface area contributed by atoms with Crippen LogP contribution in [0.5, 0.6) is 5.75 Å². The van der Waals surface area contributed by atoms with Crippen molar-refractivity contribution < 1.29 is 14.3 Å². The van der Waals surface area contributed by atoms with Gasteiger partial charge in [0, 0.05) is 22.1 Å². The van der Waals surface area contributed by atoms with E-state index >= 15 is 0 Å². The van der Waals surface area contributed by atoms with E-state index in [1.165, 1.54) is 6.42 Å². The molecule has 0 saturated heterocycles. The number of rotatable bonds is 8. The number of aryl methyl sites for hydroxylation is 2. The molecule has 178 valence electrons. The number of hydrogen-bond acceptors (Lipinski definition) is 3. The first kappa shape index (κ1) is 25.6. The van der Waals surface area contributed by atoms with Crippen molar-refractivity contribution >= 4 is 39.3 Å². The second-order valence-electron chi connectivity index (χ2n) is 8.83. The average Bonchev–Trinajstić information content (AvgIpc) is 2.79. The molecule has 2 aromatic rings. The van der Waals surface area contributed by atoms with Crippen molar-refractivity contribution in [3.05, 3.63) is 62.6 Å². The molecule has 0 spiro atoms. The quantitative estimate of drug-likeness (QED) is 0.453. The number of amides is 2. The summed E-state index contributed by atoms with van der Waals surface area (Å²) in [5.41, 5.74) is 2.94. The van der Waals surface area contributed by atoms with Crippen molar-refractivity contribution in [1.82, 2.24) is 10.2 Å². The van der Waals surface area contributed by atoms with Crippen LogP contribution >= 0.6 is 27.5 Å². The fourth-order valence-corrected chi connectivity index (χ4v) is 4.64. The molecule has 5 nitrogen and oxygen atoms in total. The highest BCUT2D eigenvalue weighted by molar-refractivity contribution is 9.10. The van der Waals surface area contributed by atoms with Gasteiger partial charge in [-0.1, -0.05) is 58.9 Å². The van der Waals surface area contributed by atoms with Crippen molar-refractivity contribution in [2.24, 2.45) is 0 Å². The lowest BCUT2D eigenvalue weighted by molar-refractivity contribution is -0.142. The summed E-state index contributed by atoms with van der Waals surface area (Å²) in [6, 6.07) is 10.7. The molecule has 1 aliphatic carbocycles. The number of nitrogens with zero attached hydrogens (tertiary/aromatic N) is 1. The van der Waals surface area contributed by atoms with E-state index in [9.17, 15) is 9.59 Å². The highest BCUT2D eigenvalue weighted by Crippen LogP contribution is 2.26. The zero-order valence-corrected chi connectivity index (χ0v) is 21.8. The van der Waals surface area contributed by atoms with Gasteiger partial charge < -0.3 is 15.0 Å². The molecule has 2 aromatic carbocycles. The van der Waals surface area contributed by atoms with Gasteiger partial charge in [0.1, 0.15) is 11.8 Å². The van der Waals surface area contributed by atoms with Crippen LogP contribution in [-0.4, -0.2) is 35.4 Å². The largest absolute Gasteiger partial charge is 0.484 e. The molecule has 0 unspecified atom stereocenters. The Morgan fingerprint density at radius 3 is 2.45 bits per heavy atom. The van der Waals surface area contributed by atoms with E-state index < -0.39 is 6.04 Å². The third kappa shape index (κ3) is 7.21. The summed E-state index contributed by atoms with van der Waals surface area (Å²) in [5, 5.41) is 3.73. The first-order valence-corrected chi connectivity index (χ1v) is 12.7. The van der Waals surface area contributed by atoms with Gasteiger partial charge in [-0.3, -0.25) is 9.59 Å². The molecule has 1 saturated carbocycles. The van der Waals surface area contributed by atoms with Crippen LogP contribution in [0, 0.1) is 13.8 Å². The predicted molar refractivity (Wildman–Crippen MR) is 136 cm³/mol. The second kappa shape index (κ2) is 11.9. The maximum absolute atomic E-state index is 13.3. The van der Waals surface area contributed by atoms with E-state index in [1.807, 2.05) is 44.2 Å². The monoisotopic (exact) mass is 534 g/mol. The minimum absolute atomic E-state index is 0.132. The van der Waals surface area contributed by atoms with Crippen LogP contribution in [0.25, 0.3) is 0 Å². The highest BCUT2D eigenvalue weighted by Gasteiger charge is 2.28. The van der Waals surface area contributed by atoms with Crippen molar-refractivity contribution in [1.29, 1.82) is 0 Å². The van der Waals surface area contributed by atoms with Gasteiger partial charge in [0.2, 0.25) is 5.91 Å². The fraction of sp³-hybridized carbons (Fsp3) is 0.462. The smallest absolute Gasteiger partial charge is 0.261 e. The van der Waals surface area contributed by atoms with E-state index in [-0.39, 0.29) is 31.0 Å². The molecule has 7 heteroatoms. The summed E-state index contributed by atoms with van der Waals surface area (Å²) in [6.45, 7) is 5.86. The summed E-state index contributed by atoms with van der Waals surface area (Å²) < 4.78 is 6.86. The lowest BCUT2D eigenvalue weighted by atomic mass is 9.95. The number of halogens is 2. The molecule has 1 aliphatic rings. The SMILES string of the molecule is Cc1cc(OCC(=O)N(Cc2cccc(Cl)c2)[C@@H](C)C(=O)NC2CCCCC2)cc(C)c1Br. The third-order valence-electron chi connectivity index (χ3n) is 6.13. The summed E-state index contributed by atoms with van der Waals surface area (Å²) in [5.74, 6) is 0.246. The molecule has 1 N–H and O–H groups in total. The maximum atomic E-state index is 13.3. The zero-order chi connectivity index (χ0) is 24.0. The molecule has 0 heterocycles. The minimum atomic E-state index is -0.629. The summed E-state index contributed by atoms with van der Waals surface area (Å²) in [6.07, 6.45) is 5.46. The molecular weight excluding hydrogens is 504 g/mol. The van der Waals surface area contributed by atoms with Crippen LogP contribution in [0.2, 0.25) is 5.02 Å². The van der Waals surface area contributed by atoms with Crippen molar-refractivity contribution in [2.75, 3.05) is 6.61 Å². The normalized spacial score (nSPS) is 15.1. The van der Waals surface area contributed by atoms with Crippen LogP contribution in [-0.2, 0) is 16.1 Å². The van der Waals surface area contributed by atoms with Crippen molar-refractivity contribution in [3.63, 3.8) is 0 Å². The molecule has 1 atom stereocenters. The third-order valence-corrected chi connectivity index (χ3v) is 7.62. The molecule has 0 aliphatic heterocycles. The van der Waals surface area contributed by atoms with Crippen LogP contribution in [0.3, 0.4) is 0 Å². The lowest BCUT2D eigenvalue weighted by Crippen LogP contribution is -2.51. The summed E-state index contributed by atoms with van der Waals surface area (Å²) >= 11 is 9.70. The molecular formula is C26H32BrClN2O3.